The zero-order chi connectivity index (χ0) is 23.2. The Kier molecular flexibility index (Phi) is 7.24. The van der Waals surface area contributed by atoms with Gasteiger partial charge in [0.1, 0.15) is 29.8 Å². The number of benzene rings is 2. The summed E-state index contributed by atoms with van der Waals surface area (Å²) in [7, 11) is 0. The van der Waals surface area contributed by atoms with E-state index in [-0.39, 0.29) is 11.4 Å². The van der Waals surface area contributed by atoms with E-state index in [1.165, 1.54) is 16.8 Å². The van der Waals surface area contributed by atoms with Crippen LogP contribution in [0.15, 0.2) is 64.2 Å². The Balaban J connectivity index is 1.35. The molecule has 0 saturated heterocycles. The highest BCUT2D eigenvalue weighted by Gasteiger charge is 2.35. The third-order valence-electron chi connectivity index (χ3n) is 5.04. The first-order chi connectivity index (χ1) is 16.0. The number of carbonyl (C=O) groups excluding carboxylic acids is 1. The number of aryl methyl sites for hydroxylation is 1. The first-order valence-corrected chi connectivity index (χ1v) is 11.8. The fraction of sp³-hybridized carbons (Fsp3) is 0.280. The number of nitrogens with one attached hydrogen (secondary N) is 1. The van der Waals surface area contributed by atoms with Crippen molar-refractivity contribution in [1.29, 1.82) is 5.41 Å². The average molecular weight is 463 g/mol. The van der Waals surface area contributed by atoms with Crippen molar-refractivity contribution >= 4 is 39.8 Å². The Hall–Kier alpha value is -3.39. The summed E-state index contributed by atoms with van der Waals surface area (Å²) in [4.78, 5) is 16.7. The lowest BCUT2D eigenvalue weighted by molar-refractivity contribution is -0.114. The number of amidine groups is 2. The Labute approximate surface area is 197 Å². The molecule has 8 heteroatoms. The second kappa shape index (κ2) is 10.5. The van der Waals surface area contributed by atoms with Crippen LogP contribution < -0.4 is 9.47 Å². The van der Waals surface area contributed by atoms with E-state index in [1.807, 2.05) is 55.5 Å². The molecule has 33 heavy (non-hydrogen) atoms. The van der Waals surface area contributed by atoms with Gasteiger partial charge in [-0.25, -0.2) is 0 Å². The highest BCUT2D eigenvalue weighted by molar-refractivity contribution is 8.26. The minimum atomic E-state index is -0.417. The monoisotopic (exact) mass is 462 g/mol. The summed E-state index contributed by atoms with van der Waals surface area (Å²) in [6.45, 7) is 5.00. The lowest BCUT2D eigenvalue weighted by Crippen LogP contribution is -2.35. The number of hydrazone groups is 1. The number of nitrogens with zero attached hydrogens (tertiary/aromatic N) is 3. The first-order valence-electron chi connectivity index (χ1n) is 10.9. The van der Waals surface area contributed by atoms with E-state index < -0.39 is 5.91 Å². The normalized spacial score (nSPS) is 16.5. The fourth-order valence-corrected chi connectivity index (χ4v) is 4.24. The Morgan fingerprint density at radius 1 is 1.09 bits per heavy atom. The quantitative estimate of drug-likeness (QED) is 0.406. The van der Waals surface area contributed by atoms with Crippen molar-refractivity contribution in [3.63, 3.8) is 0 Å². The minimum Gasteiger partial charge on any atom is -0.490 e. The van der Waals surface area contributed by atoms with Crippen LogP contribution in [0.4, 0.5) is 0 Å². The van der Waals surface area contributed by atoms with Gasteiger partial charge in [0.25, 0.3) is 5.91 Å². The third-order valence-corrected chi connectivity index (χ3v) is 6.01. The van der Waals surface area contributed by atoms with E-state index in [1.54, 1.807) is 6.08 Å². The maximum Gasteiger partial charge on any atom is 0.283 e. The molecule has 2 aromatic carbocycles. The van der Waals surface area contributed by atoms with E-state index in [0.29, 0.717) is 24.1 Å². The van der Waals surface area contributed by atoms with Crippen molar-refractivity contribution in [1.82, 2.24) is 5.01 Å². The Bertz CT molecular complexity index is 1140. The van der Waals surface area contributed by atoms with Crippen molar-refractivity contribution < 1.29 is 14.3 Å². The van der Waals surface area contributed by atoms with Crippen LogP contribution in [0.1, 0.15) is 37.3 Å². The van der Waals surface area contributed by atoms with Crippen LogP contribution in [0.2, 0.25) is 0 Å². The molecule has 0 spiro atoms. The van der Waals surface area contributed by atoms with Crippen LogP contribution in [-0.4, -0.2) is 40.2 Å². The van der Waals surface area contributed by atoms with Crippen molar-refractivity contribution in [2.24, 2.45) is 10.1 Å². The van der Waals surface area contributed by atoms with Gasteiger partial charge in [-0.2, -0.15) is 15.1 Å². The number of fused-ring (bicyclic) bond motifs is 1. The molecule has 0 atom stereocenters. The molecule has 0 radical (unpaired) electrons. The number of aliphatic imine (C=N–C) groups is 1. The van der Waals surface area contributed by atoms with Crippen molar-refractivity contribution in [2.45, 2.75) is 33.1 Å². The zero-order valence-electron chi connectivity index (χ0n) is 18.7. The van der Waals surface area contributed by atoms with E-state index in [0.717, 1.165) is 41.2 Å². The predicted molar refractivity (Wildman–Crippen MR) is 133 cm³/mol. The molecule has 0 unspecified atom stereocenters. The molecule has 170 valence electrons. The Morgan fingerprint density at radius 2 is 1.85 bits per heavy atom. The highest BCUT2D eigenvalue weighted by Crippen LogP contribution is 2.30. The van der Waals surface area contributed by atoms with Crippen LogP contribution >= 0.6 is 11.8 Å². The summed E-state index contributed by atoms with van der Waals surface area (Å²) in [5.74, 6) is 1.16. The van der Waals surface area contributed by atoms with Crippen LogP contribution in [-0.2, 0) is 4.79 Å². The standard InChI is InChI=1S/C25H26N4O3S/c1-3-4-8-22-28-29-23(26)21(24(30)27-25(29)33-22)16-18-9-11-19(12-10-18)31-13-14-32-20-7-5-6-17(2)15-20/h5-7,9-12,15-16,26H,3-4,8,13-14H2,1-2H3/b21-16-,26-23?. The minimum absolute atomic E-state index is 0.0534. The third kappa shape index (κ3) is 5.70. The second-order valence-electron chi connectivity index (χ2n) is 7.70. The predicted octanol–water partition coefficient (Wildman–Crippen LogP) is 5.26. The van der Waals surface area contributed by atoms with E-state index >= 15 is 0 Å². The second-order valence-corrected chi connectivity index (χ2v) is 8.74. The molecule has 2 heterocycles. The number of unbranched alkanes of at least 4 members (excludes halogenated alkanes) is 1. The number of carbonyl (C=O) groups is 1. The highest BCUT2D eigenvalue weighted by atomic mass is 32.2. The lowest BCUT2D eigenvalue weighted by Gasteiger charge is -2.20. The molecule has 2 aliphatic rings. The maximum absolute atomic E-state index is 12.5. The van der Waals surface area contributed by atoms with Gasteiger partial charge in [0.05, 0.1) is 5.57 Å². The smallest absolute Gasteiger partial charge is 0.283 e. The Morgan fingerprint density at radius 3 is 2.58 bits per heavy atom. The topological polar surface area (TPSA) is 87.3 Å². The number of rotatable bonds is 9. The SMILES string of the molecule is CCCCC1=NN2C(=N)/C(=C/c3ccc(OCCOc4cccc(C)c4)cc3)C(=O)N=C2S1. The molecule has 2 aliphatic heterocycles. The fourth-order valence-electron chi connectivity index (χ4n) is 3.31. The number of hydrogen-bond acceptors (Lipinski definition) is 6. The molecule has 4 rings (SSSR count). The maximum atomic E-state index is 12.5. The van der Waals surface area contributed by atoms with Crippen LogP contribution in [0.5, 0.6) is 11.5 Å². The molecular formula is C25H26N4O3S. The van der Waals surface area contributed by atoms with Gasteiger partial charge in [-0.1, -0.05) is 37.6 Å². The largest absolute Gasteiger partial charge is 0.490 e. The summed E-state index contributed by atoms with van der Waals surface area (Å²) in [6, 6.07) is 15.2. The molecular weight excluding hydrogens is 436 g/mol. The molecule has 1 amide bonds. The van der Waals surface area contributed by atoms with E-state index in [4.69, 9.17) is 14.9 Å². The lowest BCUT2D eigenvalue weighted by atomic mass is 10.1. The van der Waals surface area contributed by atoms with Gasteiger partial charge in [-0.05, 0) is 73.0 Å². The first kappa shape index (κ1) is 22.8. The van der Waals surface area contributed by atoms with Gasteiger partial charge in [0, 0.05) is 0 Å². The van der Waals surface area contributed by atoms with Crippen molar-refractivity contribution in [3.05, 3.63) is 65.2 Å². The summed E-state index contributed by atoms with van der Waals surface area (Å²) in [6.07, 6.45) is 4.57. The molecule has 0 bridgehead atoms. The molecule has 0 aromatic heterocycles. The van der Waals surface area contributed by atoms with Gasteiger partial charge in [0.15, 0.2) is 5.84 Å². The van der Waals surface area contributed by atoms with Crippen molar-refractivity contribution in [3.8, 4) is 11.5 Å². The number of ether oxygens (including phenoxy) is 2. The number of thioether (sulfide) groups is 1. The summed E-state index contributed by atoms with van der Waals surface area (Å²) in [5.41, 5.74) is 2.16. The van der Waals surface area contributed by atoms with E-state index in [9.17, 15) is 4.79 Å². The molecule has 7 nitrogen and oxygen atoms in total. The molecule has 2 aromatic rings. The van der Waals surface area contributed by atoms with Gasteiger partial charge in [-0.15, -0.1) is 0 Å². The number of hydrogen-bond donors (Lipinski definition) is 1. The molecule has 0 fully saturated rings. The van der Waals surface area contributed by atoms with Crippen LogP contribution in [0.3, 0.4) is 0 Å². The summed E-state index contributed by atoms with van der Waals surface area (Å²) < 4.78 is 11.4. The number of amides is 1. The summed E-state index contributed by atoms with van der Waals surface area (Å²) >= 11 is 1.37. The van der Waals surface area contributed by atoms with Crippen molar-refractivity contribution in [2.75, 3.05) is 13.2 Å². The summed E-state index contributed by atoms with van der Waals surface area (Å²) in [5, 5.41) is 15.7. The van der Waals surface area contributed by atoms with Crippen LogP contribution in [0, 0.1) is 12.3 Å². The molecule has 1 N–H and O–H groups in total. The van der Waals surface area contributed by atoms with E-state index in [2.05, 4.69) is 17.0 Å². The average Bonchev–Trinajstić information content (AvgIpc) is 3.22. The van der Waals surface area contributed by atoms with Crippen LogP contribution in [0.25, 0.3) is 6.08 Å². The van der Waals surface area contributed by atoms with Gasteiger partial charge >= 0.3 is 0 Å². The van der Waals surface area contributed by atoms with Gasteiger partial charge in [-0.3, -0.25) is 10.2 Å². The molecule has 0 saturated carbocycles. The molecule has 0 aliphatic carbocycles. The zero-order valence-corrected chi connectivity index (χ0v) is 19.5. The van der Waals surface area contributed by atoms with Gasteiger partial charge < -0.3 is 9.47 Å². The van der Waals surface area contributed by atoms with Gasteiger partial charge in [0.2, 0.25) is 5.17 Å².